The number of carbonyl (C=O) groups excluding carboxylic acids is 1. The van der Waals surface area contributed by atoms with Crippen molar-refractivity contribution in [2.24, 2.45) is 5.10 Å². The third-order valence-electron chi connectivity index (χ3n) is 2.27. The van der Waals surface area contributed by atoms with Gasteiger partial charge in [-0.2, -0.15) is 5.10 Å². The molecule has 21 heavy (non-hydrogen) atoms. The van der Waals surface area contributed by atoms with Crippen LogP contribution in [0.3, 0.4) is 0 Å². The van der Waals surface area contributed by atoms with E-state index in [1.165, 1.54) is 13.3 Å². The molecule has 0 bridgehead atoms. The number of aliphatic carboxylic acids is 1. The first-order chi connectivity index (χ1) is 9.81. The number of carboxylic acid groups (broad SMARTS) is 1. The third-order valence-corrected chi connectivity index (χ3v) is 2.52. The zero-order valence-corrected chi connectivity index (χ0v) is 11.6. The Balaban J connectivity index is 2.88. The van der Waals surface area contributed by atoms with Crippen molar-refractivity contribution in [1.82, 2.24) is 5.01 Å². The van der Waals surface area contributed by atoms with Gasteiger partial charge in [-0.05, 0) is 17.7 Å². The molecule has 0 fully saturated rings. The summed E-state index contributed by atoms with van der Waals surface area (Å²) in [6.07, 6.45) is -1.30. The first-order valence-corrected chi connectivity index (χ1v) is 5.99. The fourth-order valence-corrected chi connectivity index (χ4v) is 1.39. The van der Waals surface area contributed by atoms with Crippen LogP contribution in [-0.2, 0) is 9.59 Å². The van der Waals surface area contributed by atoms with Crippen molar-refractivity contribution < 1.29 is 23.5 Å². The summed E-state index contributed by atoms with van der Waals surface area (Å²) in [6.45, 7) is 0. The number of ketones is 1. The Morgan fingerprint density at radius 2 is 1.90 bits per heavy atom. The Morgan fingerprint density at radius 3 is 2.38 bits per heavy atom. The summed E-state index contributed by atoms with van der Waals surface area (Å²) in [4.78, 5) is 21.8. The molecule has 1 aromatic carbocycles. The molecule has 0 atom stereocenters. The zero-order valence-electron chi connectivity index (χ0n) is 10.8. The summed E-state index contributed by atoms with van der Waals surface area (Å²) in [7, 11) is 1.31. The quantitative estimate of drug-likeness (QED) is 0.288. The van der Waals surface area contributed by atoms with Gasteiger partial charge in [0.1, 0.15) is 5.57 Å². The lowest BCUT2D eigenvalue weighted by molar-refractivity contribution is -0.137. The number of hydrogen-bond acceptors (Lipinski definition) is 4. The van der Waals surface area contributed by atoms with Crippen LogP contribution in [0.25, 0.3) is 0 Å². The van der Waals surface area contributed by atoms with E-state index in [4.69, 9.17) is 16.7 Å². The van der Waals surface area contributed by atoms with Gasteiger partial charge in [0.2, 0.25) is 5.78 Å². The molecule has 0 aliphatic carbocycles. The first-order valence-electron chi connectivity index (χ1n) is 5.61. The zero-order chi connectivity index (χ0) is 16.0. The SMILES string of the molecule is CN(C=C(C(=O)O)C(=O)C(F)F)N=Cc1ccc(Cl)cc1. The largest absolute Gasteiger partial charge is 0.478 e. The Morgan fingerprint density at radius 1 is 1.33 bits per heavy atom. The van der Waals surface area contributed by atoms with Crippen molar-refractivity contribution in [2.45, 2.75) is 6.43 Å². The molecule has 0 radical (unpaired) electrons. The summed E-state index contributed by atoms with van der Waals surface area (Å²) < 4.78 is 24.5. The van der Waals surface area contributed by atoms with Crippen LogP contribution in [0.2, 0.25) is 5.02 Å². The number of hydrazone groups is 1. The fraction of sp³-hybridized carbons (Fsp3) is 0.154. The van der Waals surface area contributed by atoms with Crippen molar-refractivity contribution in [3.63, 3.8) is 0 Å². The molecule has 0 saturated carbocycles. The maximum atomic E-state index is 12.3. The highest BCUT2D eigenvalue weighted by Gasteiger charge is 2.26. The molecule has 112 valence electrons. The maximum absolute atomic E-state index is 12.3. The molecule has 5 nitrogen and oxygen atoms in total. The molecule has 8 heteroatoms. The van der Waals surface area contributed by atoms with Gasteiger partial charge >= 0.3 is 12.4 Å². The maximum Gasteiger partial charge on any atom is 0.341 e. The fourth-order valence-electron chi connectivity index (χ4n) is 1.27. The normalized spacial score (nSPS) is 12.0. The molecular formula is C13H11ClF2N2O3. The molecule has 0 heterocycles. The first kappa shape index (κ1) is 16.8. The van der Waals surface area contributed by atoms with Crippen LogP contribution in [0.15, 0.2) is 41.1 Å². The molecule has 0 aliphatic heterocycles. The highest BCUT2D eigenvalue weighted by molar-refractivity contribution is 6.30. The van der Waals surface area contributed by atoms with E-state index in [0.29, 0.717) is 10.6 Å². The predicted octanol–water partition coefficient (Wildman–Crippen LogP) is 2.41. The Bertz CT molecular complexity index is 586. The Labute approximate surface area is 124 Å². The van der Waals surface area contributed by atoms with Gasteiger partial charge in [0.05, 0.1) is 6.21 Å². The molecule has 1 aromatic rings. The summed E-state index contributed by atoms with van der Waals surface area (Å²) in [5, 5.41) is 14.1. The van der Waals surface area contributed by atoms with Gasteiger partial charge in [-0.3, -0.25) is 9.80 Å². The van der Waals surface area contributed by atoms with E-state index < -0.39 is 23.8 Å². The summed E-state index contributed by atoms with van der Waals surface area (Å²) in [6, 6.07) is 6.57. The standard InChI is InChI=1S/C13H11ClF2N2O3/c1-18(7-10(13(20)21)11(19)12(15)16)17-6-8-2-4-9(14)5-3-8/h2-7,12H,1H3,(H,20,21). The lowest BCUT2D eigenvalue weighted by Gasteiger charge is -2.08. The van der Waals surface area contributed by atoms with Crippen LogP contribution in [0, 0.1) is 0 Å². The molecule has 1 N–H and O–H groups in total. The summed E-state index contributed by atoms with van der Waals surface area (Å²) in [5.41, 5.74) is -0.377. The number of benzene rings is 1. The highest BCUT2D eigenvalue weighted by atomic mass is 35.5. The van der Waals surface area contributed by atoms with Gasteiger partial charge < -0.3 is 5.11 Å². The number of halogens is 3. The monoisotopic (exact) mass is 316 g/mol. The van der Waals surface area contributed by atoms with E-state index in [1.54, 1.807) is 24.3 Å². The number of hydrogen-bond donors (Lipinski definition) is 1. The molecule has 0 spiro atoms. The predicted molar refractivity (Wildman–Crippen MR) is 73.5 cm³/mol. The van der Waals surface area contributed by atoms with E-state index in [-0.39, 0.29) is 0 Å². The topological polar surface area (TPSA) is 70.0 Å². The Hall–Kier alpha value is -2.28. The van der Waals surface area contributed by atoms with Crippen LogP contribution >= 0.6 is 11.6 Å². The number of carbonyl (C=O) groups is 2. The van der Waals surface area contributed by atoms with Gasteiger partial charge in [-0.1, -0.05) is 23.7 Å². The van der Waals surface area contributed by atoms with Crippen molar-refractivity contribution in [1.29, 1.82) is 0 Å². The molecule has 0 aliphatic rings. The van der Waals surface area contributed by atoms with E-state index in [9.17, 15) is 18.4 Å². The number of alkyl halides is 2. The van der Waals surface area contributed by atoms with Crippen molar-refractivity contribution in [3.8, 4) is 0 Å². The van der Waals surface area contributed by atoms with Crippen LogP contribution in [0.5, 0.6) is 0 Å². The number of nitrogens with zero attached hydrogens (tertiary/aromatic N) is 2. The minimum Gasteiger partial charge on any atom is -0.478 e. The lowest BCUT2D eigenvalue weighted by Crippen LogP contribution is -2.21. The van der Waals surface area contributed by atoms with Gasteiger partial charge in [-0.15, -0.1) is 0 Å². The van der Waals surface area contributed by atoms with Crippen molar-refractivity contribution in [2.75, 3.05) is 7.05 Å². The molecule has 0 amide bonds. The van der Waals surface area contributed by atoms with Gasteiger partial charge in [0.25, 0.3) is 0 Å². The van der Waals surface area contributed by atoms with Crippen molar-refractivity contribution in [3.05, 3.63) is 46.6 Å². The lowest BCUT2D eigenvalue weighted by atomic mass is 10.2. The van der Waals surface area contributed by atoms with E-state index >= 15 is 0 Å². The second kappa shape index (κ2) is 7.49. The minimum atomic E-state index is -3.39. The Kier molecular flexibility index (Phi) is 5.98. The molecule has 0 unspecified atom stereocenters. The van der Waals surface area contributed by atoms with Gasteiger partial charge in [-0.25, -0.2) is 13.6 Å². The number of Topliss-reactive ketones (excluding diaryl/α,β-unsaturated/α-hetero) is 1. The van der Waals surface area contributed by atoms with Crippen LogP contribution in [0.1, 0.15) is 5.56 Å². The van der Waals surface area contributed by atoms with E-state index in [0.717, 1.165) is 11.2 Å². The second-order valence-corrected chi connectivity index (χ2v) is 4.32. The number of rotatable bonds is 6. The molecule has 0 aromatic heterocycles. The highest BCUT2D eigenvalue weighted by Crippen LogP contribution is 2.09. The third kappa shape index (κ3) is 5.31. The second-order valence-electron chi connectivity index (χ2n) is 3.88. The van der Waals surface area contributed by atoms with Crippen molar-refractivity contribution >= 4 is 29.6 Å². The molecule has 0 saturated heterocycles. The number of carboxylic acids is 1. The van der Waals surface area contributed by atoms with Gasteiger partial charge in [0.15, 0.2) is 0 Å². The average molecular weight is 317 g/mol. The van der Waals surface area contributed by atoms with Crippen LogP contribution in [0.4, 0.5) is 8.78 Å². The summed E-state index contributed by atoms with van der Waals surface area (Å²) >= 11 is 5.70. The van der Waals surface area contributed by atoms with Crippen LogP contribution < -0.4 is 0 Å². The summed E-state index contributed by atoms with van der Waals surface area (Å²) in [5.74, 6) is -3.51. The van der Waals surface area contributed by atoms with Crippen LogP contribution in [-0.4, -0.2) is 41.6 Å². The smallest absolute Gasteiger partial charge is 0.341 e. The van der Waals surface area contributed by atoms with E-state index in [1.807, 2.05) is 0 Å². The van der Waals surface area contributed by atoms with Gasteiger partial charge in [0, 0.05) is 18.3 Å². The minimum absolute atomic E-state index is 0.538. The van der Waals surface area contributed by atoms with E-state index in [2.05, 4.69) is 5.10 Å². The molecule has 1 rings (SSSR count). The average Bonchev–Trinajstić information content (AvgIpc) is 2.43. The molecular weight excluding hydrogens is 306 g/mol.